The third-order valence-electron chi connectivity index (χ3n) is 4.73. The number of aromatic carboxylic acids is 1. The fourth-order valence-electron chi connectivity index (χ4n) is 3.12. The maximum atomic E-state index is 12.3. The number of aromatic nitrogens is 4. The van der Waals surface area contributed by atoms with Crippen molar-refractivity contribution >= 4 is 22.7 Å². The van der Waals surface area contributed by atoms with E-state index in [2.05, 4.69) is 15.5 Å². The summed E-state index contributed by atoms with van der Waals surface area (Å²) in [5, 5.41) is 41.6. The molecule has 0 saturated carbocycles. The van der Waals surface area contributed by atoms with Gasteiger partial charge in [0, 0.05) is 17.4 Å². The number of nitrogens with zero attached hydrogens (tertiary/aromatic N) is 4. The van der Waals surface area contributed by atoms with E-state index >= 15 is 0 Å². The van der Waals surface area contributed by atoms with Gasteiger partial charge in [-0.1, -0.05) is 18.2 Å². The molecule has 4 aromatic rings. The number of tetrazole rings is 1. The first-order valence-corrected chi connectivity index (χ1v) is 9.10. The number of carbonyl (C=O) groups is 2. The Morgan fingerprint density at radius 1 is 1.00 bits per heavy atom. The van der Waals surface area contributed by atoms with Crippen molar-refractivity contribution in [3.05, 3.63) is 77.1 Å². The number of phenolic OH excluding ortho intramolecular Hbond substituents is 2. The van der Waals surface area contributed by atoms with Crippen LogP contribution in [0.2, 0.25) is 0 Å². The highest BCUT2D eigenvalue weighted by Gasteiger charge is 2.16. The third kappa shape index (κ3) is 4.13. The minimum atomic E-state index is -1.04. The van der Waals surface area contributed by atoms with Gasteiger partial charge in [0.15, 0.2) is 6.73 Å². The Kier molecular flexibility index (Phi) is 5.19. The van der Waals surface area contributed by atoms with Gasteiger partial charge in [0.05, 0.1) is 11.1 Å². The molecule has 31 heavy (non-hydrogen) atoms. The third-order valence-corrected chi connectivity index (χ3v) is 4.73. The number of carbonyl (C=O) groups excluding carboxylic acids is 1. The van der Waals surface area contributed by atoms with Crippen molar-refractivity contribution in [3.63, 3.8) is 0 Å². The van der Waals surface area contributed by atoms with Crippen molar-refractivity contribution in [2.45, 2.75) is 13.2 Å². The summed E-state index contributed by atoms with van der Waals surface area (Å²) in [7, 11) is 0. The zero-order valence-corrected chi connectivity index (χ0v) is 16.0. The Hall–Kier alpha value is -4.47. The molecule has 1 heterocycles. The van der Waals surface area contributed by atoms with Gasteiger partial charge in [-0.15, -0.1) is 5.10 Å². The zero-order valence-electron chi connectivity index (χ0n) is 16.0. The highest BCUT2D eigenvalue weighted by atomic mass is 16.5. The number of phenols is 2. The molecule has 0 aliphatic carbocycles. The Labute approximate surface area is 174 Å². The van der Waals surface area contributed by atoms with E-state index in [9.17, 15) is 19.8 Å². The van der Waals surface area contributed by atoms with Crippen LogP contribution in [-0.4, -0.2) is 47.5 Å². The molecular formula is C21H16N4O6. The van der Waals surface area contributed by atoms with Crippen LogP contribution in [0.1, 0.15) is 31.8 Å². The summed E-state index contributed by atoms with van der Waals surface area (Å²) in [5.74, 6) is -1.95. The van der Waals surface area contributed by atoms with Gasteiger partial charge in [-0.05, 0) is 51.7 Å². The lowest BCUT2D eigenvalue weighted by Gasteiger charge is -2.12. The molecule has 3 aromatic carbocycles. The first-order valence-electron chi connectivity index (χ1n) is 9.10. The summed E-state index contributed by atoms with van der Waals surface area (Å²) in [6.45, 7) is -0.164. The Morgan fingerprint density at radius 3 is 2.42 bits per heavy atom. The number of fused-ring (bicyclic) bond motifs is 1. The molecule has 4 rings (SSSR count). The van der Waals surface area contributed by atoms with Crippen LogP contribution in [0.5, 0.6) is 11.5 Å². The molecule has 0 atom stereocenters. The molecule has 1 aromatic heterocycles. The minimum absolute atomic E-state index is 0.110. The van der Waals surface area contributed by atoms with Crippen molar-refractivity contribution in [1.29, 1.82) is 0 Å². The number of carboxylic acids is 1. The van der Waals surface area contributed by atoms with Crippen molar-refractivity contribution in [3.8, 4) is 11.5 Å². The second-order valence-electron chi connectivity index (χ2n) is 6.75. The predicted molar refractivity (Wildman–Crippen MR) is 107 cm³/mol. The quantitative estimate of drug-likeness (QED) is 0.400. The summed E-state index contributed by atoms with van der Waals surface area (Å²) in [5.41, 5.74) is 1.31. The fourth-order valence-corrected chi connectivity index (χ4v) is 3.12. The van der Waals surface area contributed by atoms with Crippen LogP contribution in [0.15, 0.2) is 54.9 Å². The van der Waals surface area contributed by atoms with E-state index in [1.54, 1.807) is 18.2 Å². The Bertz CT molecular complexity index is 1270. The van der Waals surface area contributed by atoms with Gasteiger partial charge >= 0.3 is 11.9 Å². The first kappa shape index (κ1) is 19.8. The van der Waals surface area contributed by atoms with Gasteiger partial charge in [0.25, 0.3) is 0 Å². The molecule has 0 bridgehead atoms. The van der Waals surface area contributed by atoms with Crippen LogP contribution in [0.3, 0.4) is 0 Å². The fraction of sp³-hybridized carbons (Fsp3) is 0.0952. The van der Waals surface area contributed by atoms with E-state index in [4.69, 9.17) is 9.84 Å². The molecule has 0 radical (unpaired) electrons. The monoisotopic (exact) mass is 420 g/mol. The number of hydrogen-bond acceptors (Lipinski definition) is 8. The largest absolute Gasteiger partial charge is 0.507 e. The standard InChI is InChI=1S/C21H16N4O6/c26-18-9-14-5-6-15(21(30)31-11-25-10-22-23-24-25)8-16(14)19(27)17(18)7-12-1-3-13(4-2-12)20(28)29/h1-6,8-10,26-27H,7,11H2,(H,28,29). The van der Waals surface area contributed by atoms with Gasteiger partial charge in [-0.2, -0.15) is 4.68 Å². The van der Waals surface area contributed by atoms with Gasteiger partial charge in [-0.3, -0.25) is 0 Å². The number of aromatic hydroxyl groups is 2. The molecule has 0 spiro atoms. The zero-order chi connectivity index (χ0) is 22.0. The molecule has 0 saturated heterocycles. The second-order valence-corrected chi connectivity index (χ2v) is 6.75. The average molecular weight is 420 g/mol. The molecule has 0 unspecified atom stereocenters. The lowest BCUT2D eigenvalue weighted by molar-refractivity contribution is 0.0346. The maximum Gasteiger partial charge on any atom is 0.339 e. The SMILES string of the molecule is O=C(O)c1ccc(Cc2c(O)cc3ccc(C(=O)OCn4cnnn4)cc3c2O)cc1. The minimum Gasteiger partial charge on any atom is -0.507 e. The maximum absolute atomic E-state index is 12.3. The highest BCUT2D eigenvalue weighted by Crippen LogP contribution is 2.37. The summed E-state index contributed by atoms with van der Waals surface area (Å²) in [6, 6.07) is 12.2. The van der Waals surface area contributed by atoms with Gasteiger partial charge < -0.3 is 20.1 Å². The molecular weight excluding hydrogens is 404 g/mol. The molecule has 0 amide bonds. The van der Waals surface area contributed by atoms with Crippen LogP contribution in [-0.2, 0) is 17.9 Å². The number of hydrogen-bond donors (Lipinski definition) is 3. The summed E-state index contributed by atoms with van der Waals surface area (Å²) < 4.78 is 6.38. The van der Waals surface area contributed by atoms with E-state index in [0.717, 1.165) is 0 Å². The lowest BCUT2D eigenvalue weighted by atomic mass is 9.97. The smallest absolute Gasteiger partial charge is 0.339 e. The average Bonchev–Trinajstić information content (AvgIpc) is 3.29. The highest BCUT2D eigenvalue weighted by molar-refractivity contribution is 5.98. The van der Waals surface area contributed by atoms with Crippen molar-refractivity contribution in [2.24, 2.45) is 0 Å². The molecule has 0 aliphatic heterocycles. The van der Waals surface area contributed by atoms with E-state index < -0.39 is 11.9 Å². The van der Waals surface area contributed by atoms with Crippen molar-refractivity contribution in [2.75, 3.05) is 0 Å². The topological polar surface area (TPSA) is 148 Å². The van der Waals surface area contributed by atoms with Crippen LogP contribution in [0.25, 0.3) is 10.8 Å². The molecule has 0 aliphatic rings. The number of benzene rings is 3. The predicted octanol–water partition coefficient (Wildman–Crippen LogP) is 2.34. The Balaban J connectivity index is 1.62. The number of carboxylic acid groups (broad SMARTS) is 1. The number of ether oxygens (including phenoxy) is 1. The van der Waals surface area contributed by atoms with E-state index in [0.29, 0.717) is 16.3 Å². The Morgan fingerprint density at radius 2 is 1.74 bits per heavy atom. The first-order chi connectivity index (χ1) is 14.9. The van der Waals surface area contributed by atoms with E-state index in [1.165, 1.54) is 41.3 Å². The molecule has 156 valence electrons. The molecule has 10 heteroatoms. The van der Waals surface area contributed by atoms with E-state index in [-0.39, 0.29) is 41.3 Å². The van der Waals surface area contributed by atoms with Crippen LogP contribution in [0.4, 0.5) is 0 Å². The summed E-state index contributed by atoms with van der Waals surface area (Å²) >= 11 is 0. The van der Waals surface area contributed by atoms with E-state index in [1.807, 2.05) is 0 Å². The van der Waals surface area contributed by atoms with Crippen LogP contribution < -0.4 is 0 Å². The normalized spacial score (nSPS) is 10.8. The lowest BCUT2D eigenvalue weighted by Crippen LogP contribution is -2.10. The van der Waals surface area contributed by atoms with Gasteiger partial charge in [0.2, 0.25) is 0 Å². The van der Waals surface area contributed by atoms with Crippen LogP contribution in [0, 0.1) is 0 Å². The van der Waals surface area contributed by atoms with Gasteiger partial charge in [0.1, 0.15) is 17.8 Å². The summed E-state index contributed by atoms with van der Waals surface area (Å²) in [4.78, 5) is 23.3. The second kappa shape index (κ2) is 8.11. The molecule has 0 fully saturated rings. The van der Waals surface area contributed by atoms with Gasteiger partial charge in [-0.25, -0.2) is 9.59 Å². The number of esters is 1. The molecule has 3 N–H and O–H groups in total. The number of rotatable bonds is 6. The van der Waals surface area contributed by atoms with Crippen molar-refractivity contribution in [1.82, 2.24) is 20.2 Å². The van der Waals surface area contributed by atoms with Crippen LogP contribution >= 0.6 is 0 Å². The molecule has 10 nitrogen and oxygen atoms in total. The summed E-state index contributed by atoms with van der Waals surface area (Å²) in [6.07, 6.45) is 1.47. The van der Waals surface area contributed by atoms with Crippen molar-refractivity contribution < 1.29 is 29.6 Å².